The Morgan fingerprint density at radius 3 is 2.33 bits per heavy atom. The topological polar surface area (TPSA) is 54.0 Å². The van der Waals surface area contributed by atoms with Crippen molar-refractivity contribution in [2.45, 2.75) is 12.5 Å². The highest BCUT2D eigenvalue weighted by Gasteiger charge is 2.21. The number of halogens is 1. The molecule has 1 amide bonds. The second-order valence-electron chi connectivity index (χ2n) is 4.93. The third-order valence-electron chi connectivity index (χ3n) is 3.54. The minimum absolute atomic E-state index is 0. The number of carbonyl (C=O) groups excluding carboxylic acids is 1. The summed E-state index contributed by atoms with van der Waals surface area (Å²) in [5.41, 5.74) is 3.48. The molecule has 1 aliphatic heterocycles. The maximum absolute atomic E-state index is 11.7. The number of carbonyl (C=O) groups is 1. The van der Waals surface area contributed by atoms with E-state index < -0.39 is 0 Å². The van der Waals surface area contributed by atoms with Crippen LogP contribution in [0.5, 0.6) is 0 Å². The van der Waals surface area contributed by atoms with E-state index in [0.29, 0.717) is 0 Å². The monoisotopic (exact) mass is 303 g/mol. The van der Waals surface area contributed by atoms with E-state index in [1.165, 1.54) is 0 Å². The van der Waals surface area contributed by atoms with Crippen molar-refractivity contribution >= 4 is 18.3 Å². The second-order valence-corrected chi connectivity index (χ2v) is 4.93. The van der Waals surface area contributed by atoms with E-state index in [-0.39, 0.29) is 24.4 Å². The second kappa shape index (κ2) is 7.20. The molecule has 1 aromatic heterocycles. The Labute approximate surface area is 130 Å². The smallest absolute Gasteiger partial charge is 0.237 e. The Bertz CT molecular complexity index is 586. The van der Waals surface area contributed by atoms with Gasteiger partial charge in [0.25, 0.3) is 0 Å². The lowest BCUT2D eigenvalue weighted by molar-refractivity contribution is -0.124. The number of nitrogens with one attached hydrogen (secondary N) is 2. The molecule has 3 rings (SSSR count). The third kappa shape index (κ3) is 3.80. The molecule has 2 aromatic rings. The molecule has 0 aliphatic carbocycles. The molecular formula is C16H18ClN3O. The van der Waals surface area contributed by atoms with Crippen molar-refractivity contribution < 1.29 is 4.79 Å². The molecule has 1 fully saturated rings. The normalized spacial score (nSPS) is 17.7. The molecule has 1 atom stereocenters. The van der Waals surface area contributed by atoms with Crippen LogP contribution >= 0.6 is 12.4 Å². The summed E-state index contributed by atoms with van der Waals surface area (Å²) in [6.07, 6.45) is 4.31. The van der Waals surface area contributed by atoms with Gasteiger partial charge in [0.05, 0.1) is 6.04 Å². The Morgan fingerprint density at radius 1 is 1.00 bits per heavy atom. The maximum atomic E-state index is 11.7. The molecule has 21 heavy (non-hydrogen) atoms. The molecule has 1 unspecified atom stereocenters. The van der Waals surface area contributed by atoms with Gasteiger partial charge in [-0.3, -0.25) is 9.78 Å². The number of hydrogen-bond acceptors (Lipinski definition) is 3. The van der Waals surface area contributed by atoms with Crippen LogP contribution in [0.3, 0.4) is 0 Å². The van der Waals surface area contributed by atoms with Gasteiger partial charge >= 0.3 is 0 Å². The summed E-state index contributed by atoms with van der Waals surface area (Å²) in [5, 5.41) is 6.12. The van der Waals surface area contributed by atoms with Gasteiger partial charge < -0.3 is 10.6 Å². The summed E-state index contributed by atoms with van der Waals surface area (Å²) in [5.74, 6) is 0.0921. The Kier molecular flexibility index (Phi) is 5.31. The Morgan fingerprint density at radius 2 is 1.67 bits per heavy atom. The first-order valence-corrected chi connectivity index (χ1v) is 6.83. The first-order chi connectivity index (χ1) is 9.83. The summed E-state index contributed by atoms with van der Waals surface area (Å²) in [6.45, 7) is 1.56. The zero-order valence-electron chi connectivity index (χ0n) is 11.6. The molecule has 0 spiro atoms. The fourth-order valence-electron chi connectivity index (χ4n) is 2.43. The van der Waals surface area contributed by atoms with E-state index in [2.05, 4.69) is 39.9 Å². The lowest BCUT2D eigenvalue weighted by Gasteiger charge is -2.23. The van der Waals surface area contributed by atoms with Gasteiger partial charge in [-0.05, 0) is 35.2 Å². The summed E-state index contributed by atoms with van der Waals surface area (Å²) < 4.78 is 0. The minimum atomic E-state index is -0.115. The van der Waals surface area contributed by atoms with Crippen LogP contribution in [0.15, 0.2) is 48.8 Å². The zero-order valence-corrected chi connectivity index (χ0v) is 12.4. The number of piperazine rings is 1. The summed E-state index contributed by atoms with van der Waals surface area (Å²) in [7, 11) is 0. The molecule has 1 saturated heterocycles. The molecule has 0 radical (unpaired) electrons. The fourth-order valence-corrected chi connectivity index (χ4v) is 2.43. The molecule has 2 N–H and O–H groups in total. The third-order valence-corrected chi connectivity index (χ3v) is 3.54. The Balaban J connectivity index is 0.00000161. The predicted molar refractivity (Wildman–Crippen MR) is 85.4 cm³/mol. The number of hydrogen-bond donors (Lipinski definition) is 2. The minimum Gasteiger partial charge on any atom is -0.353 e. The van der Waals surface area contributed by atoms with Gasteiger partial charge in [-0.15, -0.1) is 12.4 Å². The van der Waals surface area contributed by atoms with Crippen LogP contribution in [-0.2, 0) is 11.2 Å². The predicted octanol–water partition coefficient (Wildman–Crippen LogP) is 1.80. The molecule has 0 bridgehead atoms. The van der Waals surface area contributed by atoms with Crippen molar-refractivity contribution in [1.82, 2.24) is 15.6 Å². The molecule has 1 aliphatic rings. The van der Waals surface area contributed by atoms with Crippen LogP contribution < -0.4 is 10.6 Å². The summed E-state index contributed by atoms with van der Waals surface area (Å²) in [4.78, 5) is 15.7. The van der Waals surface area contributed by atoms with Crippen LogP contribution in [0, 0.1) is 0 Å². The maximum Gasteiger partial charge on any atom is 0.237 e. The zero-order chi connectivity index (χ0) is 13.8. The quantitative estimate of drug-likeness (QED) is 0.909. The van der Waals surface area contributed by atoms with Gasteiger partial charge in [0, 0.05) is 25.5 Å². The largest absolute Gasteiger partial charge is 0.353 e. The van der Waals surface area contributed by atoms with Crippen molar-refractivity contribution in [2.75, 3.05) is 13.1 Å². The van der Waals surface area contributed by atoms with Crippen molar-refractivity contribution in [3.05, 3.63) is 54.4 Å². The highest BCUT2D eigenvalue weighted by molar-refractivity contribution is 5.85. The number of benzene rings is 1. The van der Waals surface area contributed by atoms with Crippen molar-refractivity contribution in [2.24, 2.45) is 0 Å². The highest BCUT2D eigenvalue weighted by atomic mass is 35.5. The average Bonchev–Trinajstić information content (AvgIpc) is 2.51. The average molecular weight is 304 g/mol. The number of pyridine rings is 1. The van der Waals surface area contributed by atoms with Crippen molar-refractivity contribution in [3.63, 3.8) is 0 Å². The van der Waals surface area contributed by atoms with E-state index in [0.717, 1.165) is 36.2 Å². The molecule has 5 heteroatoms. The van der Waals surface area contributed by atoms with Crippen LogP contribution in [-0.4, -0.2) is 30.0 Å². The van der Waals surface area contributed by atoms with Gasteiger partial charge in [0.15, 0.2) is 0 Å². The number of nitrogens with zero attached hydrogens (tertiary/aromatic N) is 1. The fraction of sp³-hybridized carbons (Fsp3) is 0.250. The number of amides is 1. The first kappa shape index (κ1) is 15.5. The molecule has 0 saturated carbocycles. The van der Waals surface area contributed by atoms with Gasteiger partial charge in [-0.1, -0.05) is 24.3 Å². The van der Waals surface area contributed by atoms with Gasteiger partial charge in [-0.25, -0.2) is 0 Å². The molecule has 2 heterocycles. The van der Waals surface area contributed by atoms with E-state index in [1.807, 2.05) is 12.1 Å². The SMILES string of the molecule is Cl.O=C1NCCNC1Cc1ccc(-c2ccncc2)cc1. The van der Waals surface area contributed by atoms with Crippen LogP contribution in [0.1, 0.15) is 5.56 Å². The number of aromatic nitrogens is 1. The van der Waals surface area contributed by atoms with Gasteiger partial charge in [-0.2, -0.15) is 0 Å². The molecular weight excluding hydrogens is 286 g/mol. The molecule has 110 valence electrons. The van der Waals surface area contributed by atoms with Gasteiger partial charge in [0.1, 0.15) is 0 Å². The van der Waals surface area contributed by atoms with Crippen LogP contribution in [0.25, 0.3) is 11.1 Å². The lowest BCUT2D eigenvalue weighted by Crippen LogP contribution is -2.53. The van der Waals surface area contributed by atoms with Crippen molar-refractivity contribution in [3.8, 4) is 11.1 Å². The standard InChI is InChI=1S/C16H17N3O.ClH/c20-16-15(18-9-10-19-16)11-12-1-3-13(4-2-12)14-5-7-17-8-6-14;/h1-8,15,18H,9-11H2,(H,19,20);1H. The molecule has 4 nitrogen and oxygen atoms in total. The molecule has 1 aromatic carbocycles. The van der Waals surface area contributed by atoms with E-state index in [1.54, 1.807) is 12.4 Å². The first-order valence-electron chi connectivity index (χ1n) is 6.83. The van der Waals surface area contributed by atoms with E-state index in [4.69, 9.17) is 0 Å². The summed E-state index contributed by atoms with van der Waals surface area (Å²) in [6, 6.07) is 12.2. The van der Waals surface area contributed by atoms with Gasteiger partial charge in [0.2, 0.25) is 5.91 Å². The van der Waals surface area contributed by atoms with Crippen LogP contribution in [0.4, 0.5) is 0 Å². The lowest BCUT2D eigenvalue weighted by atomic mass is 10.0. The number of rotatable bonds is 3. The van der Waals surface area contributed by atoms with Crippen LogP contribution in [0.2, 0.25) is 0 Å². The van der Waals surface area contributed by atoms with E-state index >= 15 is 0 Å². The van der Waals surface area contributed by atoms with E-state index in [9.17, 15) is 4.79 Å². The summed E-state index contributed by atoms with van der Waals surface area (Å²) >= 11 is 0. The van der Waals surface area contributed by atoms with Crippen molar-refractivity contribution in [1.29, 1.82) is 0 Å². The highest BCUT2D eigenvalue weighted by Crippen LogP contribution is 2.19. The Hall–Kier alpha value is -1.91.